The summed E-state index contributed by atoms with van der Waals surface area (Å²) < 4.78 is 5.15. The van der Waals surface area contributed by atoms with Gasteiger partial charge in [-0.05, 0) is 31.5 Å². The van der Waals surface area contributed by atoms with Crippen LogP contribution in [-0.4, -0.2) is 12.8 Å². The highest BCUT2D eigenvalue weighted by atomic mass is 16.5. The molecule has 0 aliphatic carbocycles. The number of ether oxygens (including phenoxy) is 1. The Bertz CT molecular complexity index is 346. The second-order valence-electron chi connectivity index (χ2n) is 3.06. The Morgan fingerprint density at radius 3 is 2.00 bits per heavy atom. The van der Waals surface area contributed by atoms with E-state index < -0.39 is 0 Å². The van der Waals surface area contributed by atoms with Gasteiger partial charge in [-0.15, -0.1) is 0 Å². The molecule has 0 fully saturated rings. The molecule has 0 aliphatic heterocycles. The number of hydrogen-bond donors (Lipinski definition) is 2. The minimum Gasteiger partial charge on any atom is -0.496 e. The van der Waals surface area contributed by atoms with Crippen LogP contribution in [0, 0.1) is 12.3 Å². The quantitative estimate of drug-likeness (QED) is 0.603. The second-order valence-corrected chi connectivity index (χ2v) is 3.06. The van der Waals surface area contributed by atoms with Crippen LogP contribution in [0.2, 0.25) is 0 Å². The molecule has 0 bridgehead atoms. The molecular weight excluding hydrogens is 212 g/mol. The Kier molecular flexibility index (Phi) is 10.2. The minimum atomic E-state index is 0.425. The van der Waals surface area contributed by atoms with Crippen molar-refractivity contribution < 1.29 is 4.74 Å². The molecule has 1 aromatic rings. The third kappa shape index (κ3) is 5.38. The van der Waals surface area contributed by atoms with Gasteiger partial charge in [0.1, 0.15) is 5.75 Å². The van der Waals surface area contributed by atoms with Crippen molar-refractivity contribution in [2.75, 3.05) is 12.8 Å². The molecule has 0 saturated heterocycles. The monoisotopic (exact) mass is 238 g/mol. The number of nitrogen functional groups attached to an aromatic ring is 1. The third-order valence-electron chi connectivity index (χ3n) is 1.87. The molecule has 1 aromatic carbocycles. The molecule has 0 atom stereocenters. The molecule has 0 aromatic heterocycles. The number of benzene rings is 1. The number of anilines is 1. The first kappa shape index (κ1) is 17.9. The highest BCUT2D eigenvalue weighted by Gasteiger charge is 2.09. The molecule has 17 heavy (non-hydrogen) atoms. The van der Waals surface area contributed by atoms with Crippen molar-refractivity contribution in [3.8, 4) is 5.75 Å². The lowest BCUT2D eigenvalue weighted by molar-refractivity contribution is 0.414. The smallest absolute Gasteiger partial charge is 0.130 e. The van der Waals surface area contributed by atoms with Gasteiger partial charge in [-0.3, -0.25) is 0 Å². The number of rotatable bonds is 2. The first-order valence-electron chi connectivity index (χ1n) is 6.06. The number of methoxy groups -OCH3 is 1. The van der Waals surface area contributed by atoms with Crippen LogP contribution < -0.4 is 10.5 Å². The molecule has 3 nitrogen and oxygen atoms in total. The summed E-state index contributed by atoms with van der Waals surface area (Å²) in [6, 6.07) is 3.72. The van der Waals surface area contributed by atoms with E-state index >= 15 is 0 Å². The maximum Gasteiger partial charge on any atom is 0.130 e. The molecule has 1 rings (SSSR count). The lowest BCUT2D eigenvalue weighted by Gasteiger charge is -2.11. The van der Waals surface area contributed by atoms with Gasteiger partial charge >= 0.3 is 0 Å². The lowest BCUT2D eigenvalue weighted by atomic mass is 10.1. The van der Waals surface area contributed by atoms with Crippen LogP contribution in [0.25, 0.3) is 0 Å². The van der Waals surface area contributed by atoms with Gasteiger partial charge in [0, 0.05) is 11.4 Å². The standard InChI is InChI=1S/C10H14N2O.2C2H6/c1-6-4-8(12)10(7(2)11)9(5-6)13-3;2*1-2/h4-5,11H,12H2,1-3H3;2*1-2H3. The fourth-order valence-electron chi connectivity index (χ4n) is 1.34. The summed E-state index contributed by atoms with van der Waals surface area (Å²) in [6.45, 7) is 11.6. The summed E-state index contributed by atoms with van der Waals surface area (Å²) in [5.41, 5.74) is 8.53. The van der Waals surface area contributed by atoms with E-state index in [1.54, 1.807) is 14.0 Å². The molecule has 0 spiro atoms. The average molecular weight is 238 g/mol. The lowest BCUT2D eigenvalue weighted by Crippen LogP contribution is -2.03. The van der Waals surface area contributed by atoms with E-state index in [2.05, 4.69) is 0 Å². The number of nitrogens with one attached hydrogen (secondary N) is 1. The normalized spacial score (nSPS) is 8.18. The zero-order valence-corrected chi connectivity index (χ0v) is 12.1. The minimum absolute atomic E-state index is 0.425. The Hall–Kier alpha value is -1.51. The van der Waals surface area contributed by atoms with E-state index in [1.165, 1.54) is 0 Å². The van der Waals surface area contributed by atoms with Gasteiger partial charge < -0.3 is 15.9 Å². The van der Waals surface area contributed by atoms with Gasteiger partial charge in [0.2, 0.25) is 0 Å². The summed E-state index contributed by atoms with van der Waals surface area (Å²) in [5, 5.41) is 7.53. The number of nitrogens with two attached hydrogens (primary N) is 1. The molecule has 0 unspecified atom stereocenters. The fraction of sp³-hybridized carbons (Fsp3) is 0.500. The highest BCUT2D eigenvalue weighted by Crippen LogP contribution is 2.26. The molecule has 0 amide bonds. The summed E-state index contributed by atoms with van der Waals surface area (Å²) in [4.78, 5) is 0. The van der Waals surface area contributed by atoms with Crippen LogP contribution in [0.15, 0.2) is 12.1 Å². The van der Waals surface area contributed by atoms with Gasteiger partial charge in [0.15, 0.2) is 0 Å². The third-order valence-corrected chi connectivity index (χ3v) is 1.87. The molecular formula is C14H26N2O. The average Bonchev–Trinajstić information content (AvgIpc) is 2.32. The van der Waals surface area contributed by atoms with E-state index in [9.17, 15) is 0 Å². The van der Waals surface area contributed by atoms with Crippen LogP contribution >= 0.6 is 0 Å². The Balaban J connectivity index is 0. The zero-order valence-electron chi connectivity index (χ0n) is 12.1. The van der Waals surface area contributed by atoms with Crippen molar-refractivity contribution in [1.82, 2.24) is 0 Å². The van der Waals surface area contributed by atoms with Crippen LogP contribution in [0.1, 0.15) is 45.7 Å². The molecule has 0 saturated carbocycles. The fourth-order valence-corrected chi connectivity index (χ4v) is 1.34. The van der Waals surface area contributed by atoms with E-state index in [-0.39, 0.29) is 0 Å². The van der Waals surface area contributed by atoms with Gasteiger partial charge in [0.25, 0.3) is 0 Å². The van der Waals surface area contributed by atoms with Crippen LogP contribution in [0.5, 0.6) is 5.75 Å². The first-order valence-corrected chi connectivity index (χ1v) is 6.06. The van der Waals surface area contributed by atoms with Crippen molar-refractivity contribution >= 4 is 11.4 Å². The molecule has 0 heterocycles. The maximum absolute atomic E-state index is 7.53. The molecule has 0 radical (unpaired) electrons. The topological polar surface area (TPSA) is 59.1 Å². The summed E-state index contributed by atoms with van der Waals surface area (Å²) in [6.07, 6.45) is 0. The van der Waals surface area contributed by atoms with Crippen molar-refractivity contribution in [2.24, 2.45) is 0 Å². The van der Waals surface area contributed by atoms with Gasteiger partial charge in [-0.25, -0.2) is 0 Å². The Morgan fingerprint density at radius 1 is 1.18 bits per heavy atom. The number of aryl methyl sites for hydroxylation is 1. The van der Waals surface area contributed by atoms with Crippen LogP contribution in [-0.2, 0) is 0 Å². The predicted molar refractivity (Wildman–Crippen MR) is 77.3 cm³/mol. The zero-order chi connectivity index (χ0) is 14.0. The summed E-state index contributed by atoms with van der Waals surface area (Å²) in [7, 11) is 1.58. The van der Waals surface area contributed by atoms with Crippen LogP contribution in [0.3, 0.4) is 0 Å². The van der Waals surface area contributed by atoms with E-state index in [1.807, 2.05) is 46.8 Å². The summed E-state index contributed by atoms with van der Waals surface area (Å²) in [5.74, 6) is 0.671. The molecule has 98 valence electrons. The summed E-state index contributed by atoms with van der Waals surface area (Å²) >= 11 is 0. The van der Waals surface area contributed by atoms with Crippen molar-refractivity contribution in [3.05, 3.63) is 23.3 Å². The maximum atomic E-state index is 7.53. The second kappa shape index (κ2) is 9.70. The van der Waals surface area contributed by atoms with Crippen molar-refractivity contribution in [3.63, 3.8) is 0 Å². The highest BCUT2D eigenvalue weighted by molar-refractivity contribution is 6.03. The van der Waals surface area contributed by atoms with Crippen molar-refractivity contribution in [1.29, 1.82) is 5.41 Å². The molecule has 0 aliphatic rings. The predicted octanol–water partition coefficient (Wildman–Crippen LogP) is 4.03. The van der Waals surface area contributed by atoms with Gasteiger partial charge in [0.05, 0.1) is 12.7 Å². The SMILES string of the molecule is CC.CC.COc1cc(C)cc(N)c1C(C)=N. The van der Waals surface area contributed by atoms with Gasteiger partial charge in [-0.2, -0.15) is 0 Å². The Labute approximate surface area is 106 Å². The van der Waals surface area contributed by atoms with E-state index in [0.717, 1.165) is 5.56 Å². The molecule has 3 N–H and O–H groups in total. The van der Waals surface area contributed by atoms with Crippen molar-refractivity contribution in [2.45, 2.75) is 41.5 Å². The van der Waals surface area contributed by atoms with E-state index in [0.29, 0.717) is 22.7 Å². The Morgan fingerprint density at radius 2 is 1.65 bits per heavy atom. The van der Waals surface area contributed by atoms with Gasteiger partial charge in [-0.1, -0.05) is 27.7 Å². The molecule has 3 heteroatoms. The first-order chi connectivity index (χ1) is 8.06. The number of hydrogen-bond acceptors (Lipinski definition) is 3. The van der Waals surface area contributed by atoms with E-state index in [4.69, 9.17) is 15.9 Å². The largest absolute Gasteiger partial charge is 0.496 e. The van der Waals surface area contributed by atoms with Crippen LogP contribution in [0.4, 0.5) is 5.69 Å².